The molecule has 0 bridgehead atoms. The first kappa shape index (κ1) is 12.3. The molecule has 0 fully saturated rings. The molecule has 0 atom stereocenters. The van der Waals surface area contributed by atoms with Crippen LogP contribution >= 0.6 is 0 Å². The van der Waals surface area contributed by atoms with Crippen molar-refractivity contribution in [2.24, 2.45) is 0 Å². The average molecular weight is 270 g/mol. The number of carbonyl (C=O) groups is 1. The number of carbonyl (C=O) groups excluding carboxylic acids is 1. The van der Waals surface area contributed by atoms with Gasteiger partial charge in [-0.3, -0.25) is 4.79 Å². The Labute approximate surface area is 115 Å². The number of benzene rings is 1. The molecule has 0 saturated heterocycles. The van der Waals surface area contributed by atoms with Gasteiger partial charge in [0.15, 0.2) is 11.6 Å². The number of anilines is 1. The van der Waals surface area contributed by atoms with Gasteiger partial charge in [0.25, 0.3) is 5.91 Å². The molecule has 0 aliphatic heterocycles. The molecule has 102 valence electrons. The van der Waals surface area contributed by atoms with E-state index < -0.39 is 0 Å². The summed E-state index contributed by atoms with van der Waals surface area (Å²) in [4.78, 5) is 19.3. The number of fused-ring (bicyclic) bond motifs is 1. The molecule has 7 heteroatoms. The number of aromatic nitrogens is 5. The number of nitrogens with one attached hydrogen (secondary N) is 2. The van der Waals surface area contributed by atoms with E-state index in [-0.39, 0.29) is 17.8 Å². The summed E-state index contributed by atoms with van der Waals surface area (Å²) in [7, 11) is 0. The van der Waals surface area contributed by atoms with E-state index in [1.807, 2.05) is 38.1 Å². The molecular weight excluding hydrogens is 256 g/mol. The van der Waals surface area contributed by atoms with Crippen LogP contribution in [0.2, 0.25) is 0 Å². The molecule has 3 aromatic rings. The molecule has 7 nitrogen and oxygen atoms in total. The van der Waals surface area contributed by atoms with Crippen molar-refractivity contribution >= 4 is 22.8 Å². The maximum atomic E-state index is 12.1. The zero-order chi connectivity index (χ0) is 14.1. The molecule has 0 unspecified atom stereocenters. The quantitative estimate of drug-likeness (QED) is 0.761. The normalized spacial score (nSPS) is 11.2. The summed E-state index contributed by atoms with van der Waals surface area (Å²) < 4.78 is 1.67. The van der Waals surface area contributed by atoms with Crippen LogP contribution in [0.1, 0.15) is 30.5 Å². The molecule has 3 rings (SSSR count). The summed E-state index contributed by atoms with van der Waals surface area (Å²) in [5, 5.41) is 10.5. The highest BCUT2D eigenvalue weighted by Gasteiger charge is 2.13. The van der Waals surface area contributed by atoms with Gasteiger partial charge in [-0.15, -0.1) is 5.10 Å². The minimum absolute atomic E-state index is 0.194. The van der Waals surface area contributed by atoms with Crippen LogP contribution in [0.4, 0.5) is 5.82 Å². The Bertz CT molecular complexity index is 724. The van der Waals surface area contributed by atoms with Gasteiger partial charge < -0.3 is 10.3 Å². The molecule has 2 N–H and O–H groups in total. The Balaban J connectivity index is 1.81. The molecule has 0 aliphatic carbocycles. The third-order valence-corrected chi connectivity index (χ3v) is 2.89. The fraction of sp³-hybridized carbons (Fsp3) is 0.231. The van der Waals surface area contributed by atoms with E-state index >= 15 is 0 Å². The number of hydrogen-bond donors (Lipinski definition) is 2. The van der Waals surface area contributed by atoms with Crippen LogP contribution in [0, 0.1) is 0 Å². The van der Waals surface area contributed by atoms with E-state index in [0.717, 1.165) is 11.0 Å². The van der Waals surface area contributed by atoms with Crippen molar-refractivity contribution in [3.05, 3.63) is 36.3 Å². The monoisotopic (exact) mass is 270 g/mol. The molecule has 20 heavy (non-hydrogen) atoms. The Morgan fingerprint density at radius 1 is 1.35 bits per heavy atom. The lowest BCUT2D eigenvalue weighted by Gasteiger charge is -2.01. The molecule has 2 heterocycles. The van der Waals surface area contributed by atoms with Crippen LogP contribution < -0.4 is 5.32 Å². The molecule has 0 radical (unpaired) electrons. The number of amides is 1. The summed E-state index contributed by atoms with van der Waals surface area (Å²) in [6, 6.07) is 7.67. The molecule has 2 aromatic heterocycles. The first-order chi connectivity index (χ1) is 9.63. The number of aromatic amines is 1. The van der Waals surface area contributed by atoms with Crippen LogP contribution in [0.25, 0.3) is 11.0 Å². The molecule has 0 saturated carbocycles. The van der Waals surface area contributed by atoms with Crippen molar-refractivity contribution in [3.63, 3.8) is 0 Å². The summed E-state index contributed by atoms with van der Waals surface area (Å²) in [5.41, 5.74) is 1.58. The zero-order valence-corrected chi connectivity index (χ0v) is 11.2. The standard InChI is InChI=1S/C13H14N6O/c1-8(2)19-7-11(17-18-19)16-13(20)12-14-9-5-3-4-6-10(9)15-12/h3-8H,1-2H3,(H,14,15)(H,16,20). The topological polar surface area (TPSA) is 88.5 Å². The van der Waals surface area contributed by atoms with Crippen LogP contribution in [0.15, 0.2) is 30.5 Å². The van der Waals surface area contributed by atoms with Crippen molar-refractivity contribution in [1.82, 2.24) is 25.0 Å². The lowest BCUT2D eigenvalue weighted by atomic mass is 10.3. The van der Waals surface area contributed by atoms with E-state index in [1.54, 1.807) is 10.9 Å². The fourth-order valence-electron chi connectivity index (χ4n) is 1.82. The van der Waals surface area contributed by atoms with Gasteiger partial charge in [0.2, 0.25) is 0 Å². The van der Waals surface area contributed by atoms with E-state index in [9.17, 15) is 4.79 Å². The van der Waals surface area contributed by atoms with Crippen LogP contribution in [-0.4, -0.2) is 30.9 Å². The maximum absolute atomic E-state index is 12.1. The third kappa shape index (κ3) is 2.25. The summed E-state index contributed by atoms with van der Waals surface area (Å²) in [6.45, 7) is 3.97. The van der Waals surface area contributed by atoms with Crippen LogP contribution in [0.3, 0.4) is 0 Å². The number of rotatable bonds is 3. The number of nitrogens with zero attached hydrogens (tertiary/aromatic N) is 4. The van der Waals surface area contributed by atoms with Gasteiger partial charge in [-0.1, -0.05) is 17.3 Å². The number of hydrogen-bond acceptors (Lipinski definition) is 4. The lowest BCUT2D eigenvalue weighted by molar-refractivity contribution is 0.101. The average Bonchev–Trinajstić information content (AvgIpc) is 3.04. The lowest BCUT2D eigenvalue weighted by Crippen LogP contribution is -2.13. The number of imidazole rings is 1. The van der Waals surface area contributed by atoms with E-state index in [2.05, 4.69) is 25.6 Å². The third-order valence-electron chi connectivity index (χ3n) is 2.89. The van der Waals surface area contributed by atoms with Crippen molar-refractivity contribution in [3.8, 4) is 0 Å². The van der Waals surface area contributed by atoms with Crippen molar-refractivity contribution in [2.45, 2.75) is 19.9 Å². The van der Waals surface area contributed by atoms with Gasteiger partial charge in [-0.25, -0.2) is 9.67 Å². The predicted molar refractivity (Wildman–Crippen MR) is 74.5 cm³/mol. The van der Waals surface area contributed by atoms with Gasteiger partial charge in [-0.2, -0.15) is 0 Å². The predicted octanol–water partition coefficient (Wildman–Crippen LogP) is 1.99. The highest BCUT2D eigenvalue weighted by molar-refractivity contribution is 6.02. The van der Waals surface area contributed by atoms with Crippen molar-refractivity contribution < 1.29 is 4.79 Å². The van der Waals surface area contributed by atoms with Gasteiger partial charge in [0.05, 0.1) is 17.2 Å². The second-order valence-corrected chi connectivity index (χ2v) is 4.73. The fourth-order valence-corrected chi connectivity index (χ4v) is 1.82. The Morgan fingerprint density at radius 3 is 2.85 bits per heavy atom. The van der Waals surface area contributed by atoms with E-state index in [0.29, 0.717) is 5.82 Å². The van der Waals surface area contributed by atoms with E-state index in [4.69, 9.17) is 0 Å². The molecule has 0 aliphatic rings. The Hall–Kier alpha value is -2.70. The highest BCUT2D eigenvalue weighted by atomic mass is 16.2. The van der Waals surface area contributed by atoms with Crippen LogP contribution in [0.5, 0.6) is 0 Å². The van der Waals surface area contributed by atoms with Crippen molar-refractivity contribution in [2.75, 3.05) is 5.32 Å². The molecular formula is C13H14N6O. The second kappa shape index (κ2) is 4.76. The minimum Gasteiger partial charge on any atom is -0.334 e. The second-order valence-electron chi connectivity index (χ2n) is 4.73. The smallest absolute Gasteiger partial charge is 0.292 e. The highest BCUT2D eigenvalue weighted by Crippen LogP contribution is 2.12. The zero-order valence-electron chi connectivity index (χ0n) is 11.2. The SMILES string of the molecule is CC(C)n1cc(NC(=O)c2nc3ccccc3[nH]2)nn1. The number of para-hydroxylation sites is 2. The molecule has 1 amide bonds. The van der Waals surface area contributed by atoms with E-state index in [1.165, 1.54) is 0 Å². The minimum atomic E-state index is -0.336. The molecule has 0 spiro atoms. The largest absolute Gasteiger partial charge is 0.334 e. The van der Waals surface area contributed by atoms with Gasteiger partial charge in [0, 0.05) is 6.04 Å². The Morgan fingerprint density at radius 2 is 2.15 bits per heavy atom. The van der Waals surface area contributed by atoms with Gasteiger partial charge >= 0.3 is 0 Å². The van der Waals surface area contributed by atoms with Crippen LogP contribution in [-0.2, 0) is 0 Å². The van der Waals surface area contributed by atoms with Gasteiger partial charge in [0.1, 0.15) is 0 Å². The Kier molecular flexibility index (Phi) is 2.94. The number of H-pyrrole nitrogens is 1. The van der Waals surface area contributed by atoms with Gasteiger partial charge in [-0.05, 0) is 26.0 Å². The first-order valence-electron chi connectivity index (χ1n) is 6.31. The summed E-state index contributed by atoms with van der Waals surface area (Å²) in [5.74, 6) is 0.325. The maximum Gasteiger partial charge on any atom is 0.292 e. The summed E-state index contributed by atoms with van der Waals surface area (Å²) >= 11 is 0. The molecule has 1 aromatic carbocycles. The summed E-state index contributed by atoms with van der Waals surface area (Å²) in [6.07, 6.45) is 1.69. The van der Waals surface area contributed by atoms with Crippen molar-refractivity contribution in [1.29, 1.82) is 0 Å². The first-order valence-corrected chi connectivity index (χ1v) is 6.31.